The average molecular weight is 1110 g/mol. The van der Waals surface area contributed by atoms with Gasteiger partial charge in [0.25, 0.3) is 23.6 Å². The summed E-state index contributed by atoms with van der Waals surface area (Å²) in [6.45, 7) is -1.27. The molecule has 4 saturated heterocycles. The number of carbonyl (C=O) groups is 5. The molecule has 0 aromatic carbocycles. The number of aromatic nitrogens is 1. The van der Waals surface area contributed by atoms with Gasteiger partial charge in [-0.15, -0.1) is 12.9 Å². The van der Waals surface area contributed by atoms with Crippen molar-refractivity contribution in [3.63, 3.8) is 0 Å². The van der Waals surface area contributed by atoms with E-state index in [1.165, 1.54) is 27.7 Å². The van der Waals surface area contributed by atoms with E-state index in [9.17, 15) is 53.8 Å². The van der Waals surface area contributed by atoms with Crippen molar-refractivity contribution in [2.24, 2.45) is 23.5 Å². The molecular formula is C31H57KN6O24PS4-. The molecule has 9 atom stereocenters. The quantitative estimate of drug-likeness (QED) is 0.0139. The fraction of sp³-hybridized carbons (Fsp3) is 0.677. The van der Waals surface area contributed by atoms with Crippen LogP contribution in [0.2, 0.25) is 0 Å². The van der Waals surface area contributed by atoms with Crippen molar-refractivity contribution in [3.05, 3.63) is 30.6 Å². The summed E-state index contributed by atoms with van der Waals surface area (Å²) in [5.41, 5.74) is -1.68. The van der Waals surface area contributed by atoms with Gasteiger partial charge in [-0.25, -0.2) is 18.7 Å². The molecule has 36 heteroatoms. The predicted molar refractivity (Wildman–Crippen MR) is 222 cm³/mol. The van der Waals surface area contributed by atoms with Crippen LogP contribution in [0, 0.1) is 17.8 Å². The minimum Gasteiger partial charge on any atom is -1.00 e. The monoisotopic (exact) mass is 1110 g/mol. The van der Waals surface area contributed by atoms with Gasteiger partial charge >= 0.3 is 86.9 Å². The van der Waals surface area contributed by atoms with Crippen LogP contribution < -0.4 is 62.0 Å². The van der Waals surface area contributed by atoms with Gasteiger partial charge in [-0.3, -0.25) is 48.2 Å². The molecule has 1 unspecified atom stereocenters. The Morgan fingerprint density at radius 3 is 1.37 bits per heavy atom. The molecule has 1 aromatic rings. The maximum Gasteiger partial charge on any atom is 1.00 e. The maximum atomic E-state index is 11.3. The number of hydrogen-bond donors (Lipinski definition) is 5. The van der Waals surface area contributed by atoms with Crippen LogP contribution >= 0.6 is 20.3 Å². The van der Waals surface area contributed by atoms with Crippen LogP contribution in [0.15, 0.2) is 30.6 Å². The average Bonchev–Trinajstić information content (AvgIpc) is 3.30. The van der Waals surface area contributed by atoms with Gasteiger partial charge in [0, 0.05) is 51.8 Å². The zero-order chi connectivity index (χ0) is 61.9. The van der Waals surface area contributed by atoms with Crippen molar-refractivity contribution in [2.45, 2.75) is 111 Å². The summed E-state index contributed by atoms with van der Waals surface area (Å²) >= 11 is 0.973. The van der Waals surface area contributed by atoms with E-state index in [2.05, 4.69) is 31.7 Å². The SMILES string of the molecule is C.CSOOC=O.O=[P+]([O-])OO.[2H]C([2H])([2H])[C@@]1(C)[C@H](C)C(=O)N1O.[2H]C([2H])([2H])[C@@]1(C)[C@H](C)C(=O)N1OS(=O)(=O)O.[2H]C([2H])([2H])[C@@]1(C)[C@H](C)C(=O)N1OS(=O)(=O)[O-].[2H]C([2H])([2H])[C@@]1(C)[C@H](N)C(=O)N1OS(=O)(=O)O.[H-].[K+].c1ccncc1. The molecule has 1 aromatic heterocycles. The van der Waals surface area contributed by atoms with Crippen LogP contribution in [-0.4, -0.2) is 139 Å². The van der Waals surface area contributed by atoms with Crippen molar-refractivity contribution in [3.8, 4) is 0 Å². The van der Waals surface area contributed by atoms with Gasteiger partial charge in [-0.1, -0.05) is 34.3 Å². The molecule has 6 N–H and O–H groups in total. The van der Waals surface area contributed by atoms with Gasteiger partial charge in [-0.2, -0.15) is 36.3 Å². The Hall–Kier alpha value is -2.04. The third kappa shape index (κ3) is 22.7. The van der Waals surface area contributed by atoms with Crippen LogP contribution in [-0.2, 0) is 86.5 Å². The van der Waals surface area contributed by atoms with E-state index in [0.29, 0.717) is 5.06 Å². The van der Waals surface area contributed by atoms with Crippen LogP contribution in [0.3, 0.4) is 0 Å². The third-order valence-corrected chi connectivity index (χ3v) is 9.66. The predicted octanol–water partition coefficient (Wildman–Crippen LogP) is -2.39. The standard InChI is InChI=1S/2C6H11NO5S.C6H11NO2.C5H10N2O5S.C5H5N.C2H4O3S.CH4.K.HO4P.H/c2*1-4-5(8)7(6(4,2)3)12-13(9,10)11;1-4-5(8)7(9)6(4,2)3;1-5(2)3(6)4(8)7(5)12-13(9,10)11;1-2-4-6-5-3-1;1-6-5-4-2-3;;;1-4-5(2)3;/h2*4H,1-3H3,(H,9,10,11);4,9H,1-3H3;3H,6H2,1-2H3,(H,9,10,11);1-5H;2H,1H3;1H4;;1H;/q;;;;;;;+1;;-1/p-1/t3*4-;3-;;;;;;/m1111....../s1/i3*2D3;1D3;;;;;;/t3*4-,6-;3-,5-;;;;;;. The number of hydrogen-bond acceptors (Lipinski definition) is 25. The van der Waals surface area contributed by atoms with Crippen molar-refractivity contribution in [1.82, 2.24) is 25.2 Å². The molecule has 0 bridgehead atoms. The first-order valence-electron chi connectivity index (χ1n) is 22.6. The van der Waals surface area contributed by atoms with Crippen molar-refractivity contribution in [2.75, 3.05) is 6.26 Å². The number of hydroxylamine groups is 8. The first kappa shape index (κ1) is 49.9. The number of nitrogens with two attached hydrogens (primary N) is 1. The first-order chi connectivity index (χ1) is 34.1. The molecule has 0 spiro atoms. The molecule has 67 heavy (non-hydrogen) atoms. The number of nitrogens with zero attached hydrogens (tertiary/aromatic N) is 5. The fourth-order valence-electron chi connectivity index (χ4n) is 3.93. The van der Waals surface area contributed by atoms with Crippen LogP contribution in [0.1, 0.15) is 101 Å². The van der Waals surface area contributed by atoms with E-state index >= 15 is 0 Å². The normalized spacial score (nSPS) is 31.5. The van der Waals surface area contributed by atoms with Crippen molar-refractivity contribution >= 4 is 81.6 Å². The Labute approximate surface area is 454 Å². The van der Waals surface area contributed by atoms with Gasteiger partial charge in [0.15, 0.2) is 0 Å². The van der Waals surface area contributed by atoms with E-state index in [1.807, 2.05) is 18.2 Å². The van der Waals surface area contributed by atoms with E-state index < -0.39 is 136 Å². The van der Waals surface area contributed by atoms with Gasteiger partial charge in [0.1, 0.15) is 6.04 Å². The molecular weight excluding hydrogens is 1040 g/mol. The topological polar surface area (TPSA) is 439 Å². The Morgan fingerprint density at radius 1 is 0.791 bits per heavy atom. The van der Waals surface area contributed by atoms with Crippen molar-refractivity contribution in [1.29, 1.82) is 0 Å². The van der Waals surface area contributed by atoms with Gasteiger partial charge < -0.3 is 16.6 Å². The summed E-state index contributed by atoms with van der Waals surface area (Å²) in [7, 11) is -18.1. The van der Waals surface area contributed by atoms with Crippen LogP contribution in [0.4, 0.5) is 0 Å². The third-order valence-electron chi connectivity index (χ3n) is 8.31. The van der Waals surface area contributed by atoms with E-state index in [-0.39, 0.29) is 81.9 Å². The molecule has 4 aliphatic heterocycles. The number of pyridine rings is 1. The second-order valence-electron chi connectivity index (χ2n) is 13.0. The zero-order valence-electron chi connectivity index (χ0n) is 48.6. The fourth-order valence-corrected chi connectivity index (χ4v) is 5.28. The minimum atomic E-state index is -5.17. The van der Waals surface area contributed by atoms with E-state index in [1.54, 1.807) is 18.6 Å². The molecule has 0 aliphatic carbocycles. The molecule has 4 aliphatic rings. The molecule has 30 nitrogen and oxygen atoms in total. The van der Waals surface area contributed by atoms with Crippen molar-refractivity contribution < 1.29 is 179 Å². The Kier molecular flexibility index (Phi) is 21.9. The number of amides is 4. The summed E-state index contributed by atoms with van der Waals surface area (Å²) in [5.74, 6) is -5.72. The largest absolute Gasteiger partial charge is 1.00 e. The summed E-state index contributed by atoms with van der Waals surface area (Å²) in [6.07, 6.45) is 5.14. The van der Waals surface area contributed by atoms with Crippen LogP contribution in [0.5, 0.6) is 0 Å². The summed E-state index contributed by atoms with van der Waals surface area (Å²) in [5, 5.41) is 16.8. The van der Waals surface area contributed by atoms with E-state index in [0.717, 1.165) is 32.8 Å². The molecule has 0 radical (unpaired) electrons. The van der Waals surface area contributed by atoms with Gasteiger partial charge in [-0.05, 0) is 71.8 Å². The number of carbonyl (C=O) groups excluding carboxylic acids is 5. The van der Waals surface area contributed by atoms with E-state index in [4.69, 9.17) is 51.2 Å². The molecule has 5 rings (SSSR count). The summed E-state index contributed by atoms with van der Waals surface area (Å²) in [6, 6.07) is 4.30. The smallest absolute Gasteiger partial charge is 1.00 e. The Morgan fingerprint density at radius 2 is 1.15 bits per heavy atom. The Balaban J connectivity index is -0.000000282. The van der Waals surface area contributed by atoms with Gasteiger partial charge in [0.2, 0.25) is 10.4 Å². The molecule has 0 saturated carbocycles. The maximum absolute atomic E-state index is 11.3. The Bertz CT molecular complexity index is 2340. The molecule has 4 amide bonds. The summed E-state index contributed by atoms with van der Waals surface area (Å²) in [4.78, 5) is 70.2. The number of rotatable bonds is 10. The molecule has 4 fully saturated rings. The zero-order valence-corrected chi connectivity index (χ0v) is 42.9. The van der Waals surface area contributed by atoms with Gasteiger partial charge in [0.05, 0.1) is 39.9 Å². The molecule has 5 heterocycles. The first-order valence-corrected chi connectivity index (χ1v) is 22.9. The number of β-lactam (4-membered cyclic amide) rings is 4. The minimum absolute atomic E-state index is 0. The second-order valence-corrected chi connectivity index (χ2v) is 17.1. The molecule has 386 valence electrons. The summed E-state index contributed by atoms with van der Waals surface area (Å²) < 4.78 is 203. The van der Waals surface area contributed by atoms with Crippen LogP contribution in [0.25, 0.3) is 0 Å². The second kappa shape index (κ2) is 29.3.